The van der Waals surface area contributed by atoms with Gasteiger partial charge >= 0.3 is 41.8 Å². The molecule has 0 amide bonds. The first kappa shape index (κ1) is 30.8. The van der Waals surface area contributed by atoms with Crippen LogP contribution in [0, 0.1) is 5.92 Å². The van der Waals surface area contributed by atoms with Gasteiger partial charge in [0.2, 0.25) is 0 Å². The van der Waals surface area contributed by atoms with Gasteiger partial charge in [-0.05, 0) is 24.8 Å². The Morgan fingerprint density at radius 1 is 0.743 bits per heavy atom. The number of hydrogen-bond donors (Lipinski definition) is 0. The number of carboxylic acids is 1. The highest BCUT2D eigenvalue weighted by Crippen LogP contribution is 2.61. The second kappa shape index (κ2) is 10.0. The van der Waals surface area contributed by atoms with Crippen LogP contribution >= 0.6 is 0 Å². The number of ether oxygens (including phenoxy) is 1. The first-order chi connectivity index (χ1) is 15.5. The third kappa shape index (κ3) is 5.95. The predicted octanol–water partition coefficient (Wildman–Crippen LogP) is 4.91. The van der Waals surface area contributed by atoms with Crippen LogP contribution < -0.4 is 5.11 Å². The standard InChI is InChI=1S/C18H17F13O4/c19-13(20,14(21,22)15(23,24)16(25,26)17(27,28)18(29,30)31)8-10(9-4-2-1-3-5-9)35-12(34)7-6-11(32)33/h6-7,9-10H,1-5,8H2,(H,32,33)/p-1. The topological polar surface area (TPSA) is 66.4 Å². The molecule has 1 rings (SSSR count). The van der Waals surface area contributed by atoms with Crippen molar-refractivity contribution in [2.75, 3.05) is 0 Å². The molecule has 1 atom stereocenters. The summed E-state index contributed by atoms with van der Waals surface area (Å²) in [5, 5.41) is 10.3. The Morgan fingerprint density at radius 3 is 1.63 bits per heavy atom. The van der Waals surface area contributed by atoms with Gasteiger partial charge < -0.3 is 14.6 Å². The lowest BCUT2D eigenvalue weighted by Crippen LogP contribution is -2.70. The Hall–Kier alpha value is -2.23. The lowest BCUT2D eigenvalue weighted by molar-refractivity contribution is -0.441. The highest BCUT2D eigenvalue weighted by atomic mass is 19.4. The van der Waals surface area contributed by atoms with Gasteiger partial charge in [0, 0.05) is 6.08 Å². The average Bonchev–Trinajstić information content (AvgIpc) is 2.70. The summed E-state index contributed by atoms with van der Waals surface area (Å²) < 4.78 is 178. The molecule has 1 saturated carbocycles. The molecule has 0 aliphatic heterocycles. The number of aliphatic carboxylic acids is 1. The molecule has 1 aliphatic rings. The lowest BCUT2D eigenvalue weighted by atomic mass is 9.81. The van der Waals surface area contributed by atoms with Crippen molar-refractivity contribution in [3.63, 3.8) is 0 Å². The number of halogens is 13. The van der Waals surface area contributed by atoms with E-state index >= 15 is 0 Å². The number of alkyl halides is 13. The van der Waals surface area contributed by atoms with Crippen molar-refractivity contribution in [3.8, 4) is 0 Å². The van der Waals surface area contributed by atoms with Gasteiger partial charge in [-0.3, -0.25) is 0 Å². The lowest BCUT2D eigenvalue weighted by Gasteiger charge is -2.41. The molecular weight excluding hydrogens is 527 g/mol. The molecule has 0 aromatic carbocycles. The third-order valence-corrected chi connectivity index (χ3v) is 5.25. The molecule has 0 heterocycles. The monoisotopic (exact) mass is 543 g/mol. The zero-order valence-corrected chi connectivity index (χ0v) is 17.1. The van der Waals surface area contributed by atoms with E-state index in [0.29, 0.717) is 6.42 Å². The van der Waals surface area contributed by atoms with E-state index in [-0.39, 0.29) is 37.8 Å². The van der Waals surface area contributed by atoms with E-state index in [4.69, 9.17) is 0 Å². The molecule has 0 N–H and O–H groups in total. The molecule has 0 saturated heterocycles. The van der Waals surface area contributed by atoms with Gasteiger partial charge in [-0.25, -0.2) is 4.79 Å². The van der Waals surface area contributed by atoms with Crippen LogP contribution in [0.15, 0.2) is 12.2 Å². The maximum atomic E-state index is 14.3. The summed E-state index contributed by atoms with van der Waals surface area (Å²) >= 11 is 0. The smallest absolute Gasteiger partial charge is 0.460 e. The van der Waals surface area contributed by atoms with Crippen molar-refractivity contribution in [1.82, 2.24) is 0 Å². The molecule has 0 aromatic rings. The maximum absolute atomic E-state index is 14.3. The molecule has 204 valence electrons. The summed E-state index contributed by atoms with van der Waals surface area (Å²) in [6, 6.07) is 0. The highest BCUT2D eigenvalue weighted by Gasteiger charge is 2.90. The molecular formula is C18H16F13O4-. The third-order valence-electron chi connectivity index (χ3n) is 5.25. The van der Waals surface area contributed by atoms with Crippen LogP contribution in [-0.4, -0.2) is 53.8 Å². The summed E-state index contributed by atoms with van der Waals surface area (Å²) in [5.74, 6) is -42.8. The van der Waals surface area contributed by atoms with Crippen molar-refractivity contribution in [3.05, 3.63) is 12.2 Å². The van der Waals surface area contributed by atoms with Crippen LogP contribution in [0.25, 0.3) is 0 Å². The van der Waals surface area contributed by atoms with Gasteiger partial charge in [-0.2, -0.15) is 57.1 Å². The molecule has 1 aliphatic carbocycles. The predicted molar refractivity (Wildman–Crippen MR) is 86.0 cm³/mol. The quantitative estimate of drug-likeness (QED) is 0.223. The maximum Gasteiger partial charge on any atom is 0.460 e. The summed E-state index contributed by atoms with van der Waals surface area (Å²) in [6.07, 6.45) is -11.9. The molecule has 0 radical (unpaired) electrons. The second-order valence-corrected chi connectivity index (χ2v) is 7.73. The SMILES string of the molecule is O=C([O-])C=CC(=O)OC(CC(F)(F)C(F)(F)C(F)(F)C(F)(F)C(F)(F)C(F)(F)F)C1CCCCC1. The molecule has 4 nitrogen and oxygen atoms in total. The minimum absolute atomic E-state index is 0.0148. The number of hydrogen-bond acceptors (Lipinski definition) is 4. The van der Waals surface area contributed by atoms with Gasteiger partial charge in [0.25, 0.3) is 0 Å². The molecule has 1 unspecified atom stereocenters. The minimum Gasteiger partial charge on any atom is -0.545 e. The van der Waals surface area contributed by atoms with Crippen molar-refractivity contribution in [2.45, 2.75) is 80.4 Å². The van der Waals surface area contributed by atoms with Gasteiger partial charge in [-0.15, -0.1) is 0 Å². The Bertz CT molecular complexity index is 799. The number of carbonyl (C=O) groups is 2. The van der Waals surface area contributed by atoms with Crippen molar-refractivity contribution >= 4 is 11.9 Å². The van der Waals surface area contributed by atoms with E-state index in [2.05, 4.69) is 4.74 Å². The van der Waals surface area contributed by atoms with Gasteiger partial charge in [-0.1, -0.05) is 19.3 Å². The molecule has 35 heavy (non-hydrogen) atoms. The Morgan fingerprint density at radius 2 is 1.20 bits per heavy atom. The summed E-state index contributed by atoms with van der Waals surface area (Å²) in [4.78, 5) is 21.9. The summed E-state index contributed by atoms with van der Waals surface area (Å²) in [5.41, 5.74) is 0. The van der Waals surface area contributed by atoms with Gasteiger partial charge in [0.05, 0.1) is 12.4 Å². The van der Waals surface area contributed by atoms with E-state index in [9.17, 15) is 71.8 Å². The fraction of sp³-hybridized carbons (Fsp3) is 0.778. The van der Waals surface area contributed by atoms with Crippen LogP contribution in [0.3, 0.4) is 0 Å². The first-order valence-electron chi connectivity index (χ1n) is 9.58. The van der Waals surface area contributed by atoms with Crippen molar-refractivity contribution < 1.29 is 76.5 Å². The van der Waals surface area contributed by atoms with E-state index in [1.54, 1.807) is 0 Å². The summed E-state index contributed by atoms with van der Waals surface area (Å²) in [7, 11) is 0. The second-order valence-electron chi connectivity index (χ2n) is 7.73. The Labute approximate surface area is 188 Å². The van der Waals surface area contributed by atoms with Crippen molar-refractivity contribution in [2.24, 2.45) is 5.92 Å². The van der Waals surface area contributed by atoms with E-state index in [0.717, 1.165) is 0 Å². The molecule has 0 aromatic heterocycles. The number of carboxylic acid groups (broad SMARTS) is 1. The number of esters is 1. The van der Waals surface area contributed by atoms with Crippen LogP contribution in [-0.2, 0) is 14.3 Å². The van der Waals surface area contributed by atoms with Gasteiger partial charge in [0.15, 0.2) is 0 Å². The van der Waals surface area contributed by atoms with E-state index < -0.39 is 66.2 Å². The van der Waals surface area contributed by atoms with Crippen molar-refractivity contribution in [1.29, 1.82) is 0 Å². The molecule has 17 heteroatoms. The Kier molecular flexibility index (Phi) is 8.82. The van der Waals surface area contributed by atoms with Crippen LogP contribution in [0.2, 0.25) is 0 Å². The zero-order valence-electron chi connectivity index (χ0n) is 17.1. The Balaban J connectivity index is 3.38. The number of carbonyl (C=O) groups excluding carboxylic acids is 2. The van der Waals surface area contributed by atoms with E-state index in [1.165, 1.54) is 0 Å². The molecule has 0 bridgehead atoms. The average molecular weight is 543 g/mol. The fourth-order valence-electron chi connectivity index (χ4n) is 3.32. The highest BCUT2D eigenvalue weighted by molar-refractivity contribution is 5.89. The summed E-state index contributed by atoms with van der Waals surface area (Å²) in [6.45, 7) is 0. The first-order valence-corrected chi connectivity index (χ1v) is 9.58. The van der Waals surface area contributed by atoms with E-state index in [1.807, 2.05) is 0 Å². The molecule has 0 spiro atoms. The zero-order chi connectivity index (χ0) is 27.7. The van der Waals surface area contributed by atoms with Crippen LogP contribution in [0.5, 0.6) is 0 Å². The van der Waals surface area contributed by atoms with Crippen LogP contribution in [0.4, 0.5) is 57.1 Å². The van der Waals surface area contributed by atoms with Gasteiger partial charge in [0.1, 0.15) is 6.10 Å². The fourth-order valence-corrected chi connectivity index (χ4v) is 3.32. The minimum atomic E-state index is -8.03. The van der Waals surface area contributed by atoms with Crippen LogP contribution in [0.1, 0.15) is 38.5 Å². The largest absolute Gasteiger partial charge is 0.545 e. The molecule has 1 fully saturated rings. The normalized spacial score (nSPS) is 18.5. The number of rotatable bonds is 10.